The van der Waals surface area contributed by atoms with E-state index in [1.807, 2.05) is 0 Å². The minimum absolute atomic E-state index is 0.0651. The first-order valence-electron chi connectivity index (χ1n) is 6.03. The summed E-state index contributed by atoms with van der Waals surface area (Å²) < 4.78 is 22.6. The lowest BCUT2D eigenvalue weighted by Crippen LogP contribution is -2.31. The molecule has 0 bridgehead atoms. The fourth-order valence-corrected chi connectivity index (χ4v) is 2.82. The number of benzene rings is 1. The Labute approximate surface area is 107 Å². The van der Waals surface area contributed by atoms with Crippen molar-refractivity contribution in [2.75, 3.05) is 19.3 Å². The largest absolute Gasteiger partial charge is 0.317 e. The molecule has 1 N–H and O–H groups in total. The highest BCUT2D eigenvalue weighted by atomic mass is 32.2. The van der Waals surface area contributed by atoms with Gasteiger partial charge in [0.2, 0.25) is 0 Å². The Morgan fingerprint density at radius 2 is 1.72 bits per heavy atom. The molecule has 0 saturated carbocycles. The van der Waals surface area contributed by atoms with Crippen LogP contribution in [0.3, 0.4) is 0 Å². The van der Waals surface area contributed by atoms with E-state index in [4.69, 9.17) is 0 Å². The number of nitrogens with one attached hydrogen (secondary N) is 1. The maximum Gasteiger partial charge on any atom is 0.175 e. The summed E-state index contributed by atoms with van der Waals surface area (Å²) in [6.07, 6.45) is 2.87. The second kappa shape index (κ2) is 5.20. The average Bonchev–Trinajstić information content (AvgIpc) is 2.38. The highest BCUT2D eigenvalue weighted by Crippen LogP contribution is 2.19. The zero-order chi connectivity index (χ0) is 13.2. The van der Waals surface area contributed by atoms with E-state index >= 15 is 0 Å². The van der Waals surface area contributed by atoms with Gasteiger partial charge in [0.15, 0.2) is 15.6 Å². The molecule has 0 amide bonds. The van der Waals surface area contributed by atoms with Gasteiger partial charge in [-0.2, -0.15) is 0 Å². The molecule has 1 aliphatic rings. The average molecular weight is 267 g/mol. The summed E-state index contributed by atoms with van der Waals surface area (Å²) in [6, 6.07) is 6.23. The van der Waals surface area contributed by atoms with Gasteiger partial charge in [0.1, 0.15) is 0 Å². The molecule has 18 heavy (non-hydrogen) atoms. The van der Waals surface area contributed by atoms with Crippen LogP contribution in [0.5, 0.6) is 0 Å². The third-order valence-electron chi connectivity index (χ3n) is 3.28. The lowest BCUT2D eigenvalue weighted by Gasteiger charge is -2.21. The Morgan fingerprint density at radius 3 is 2.22 bits per heavy atom. The van der Waals surface area contributed by atoms with Gasteiger partial charge >= 0.3 is 0 Å². The number of piperidine rings is 1. The summed E-state index contributed by atoms with van der Waals surface area (Å²) in [5, 5.41) is 3.22. The highest BCUT2D eigenvalue weighted by molar-refractivity contribution is 7.90. The molecule has 1 aromatic carbocycles. The molecule has 0 radical (unpaired) electrons. The van der Waals surface area contributed by atoms with Gasteiger partial charge in [0.05, 0.1) is 4.90 Å². The summed E-state index contributed by atoms with van der Waals surface area (Å²) >= 11 is 0. The first kappa shape index (κ1) is 13.2. The number of hydrogen-bond donors (Lipinski definition) is 1. The molecule has 1 heterocycles. The second-order valence-corrected chi connectivity index (χ2v) is 6.70. The van der Waals surface area contributed by atoms with Gasteiger partial charge in [-0.3, -0.25) is 4.79 Å². The Hall–Kier alpha value is -1.20. The minimum Gasteiger partial charge on any atom is -0.317 e. The summed E-state index contributed by atoms with van der Waals surface area (Å²) in [4.78, 5) is 12.4. The molecular formula is C13H17NO3S. The molecule has 4 nitrogen and oxygen atoms in total. The molecule has 1 fully saturated rings. The van der Waals surface area contributed by atoms with E-state index < -0.39 is 9.84 Å². The van der Waals surface area contributed by atoms with Gasteiger partial charge in [-0.15, -0.1) is 0 Å². The van der Waals surface area contributed by atoms with Crippen molar-refractivity contribution < 1.29 is 13.2 Å². The van der Waals surface area contributed by atoms with Gasteiger partial charge in [0, 0.05) is 17.7 Å². The predicted octanol–water partition coefficient (Wildman–Crippen LogP) is 1.27. The van der Waals surface area contributed by atoms with Crippen LogP contribution in [0.15, 0.2) is 29.2 Å². The Morgan fingerprint density at radius 1 is 1.17 bits per heavy atom. The zero-order valence-corrected chi connectivity index (χ0v) is 11.2. The van der Waals surface area contributed by atoms with Crippen LogP contribution in [-0.4, -0.2) is 33.5 Å². The molecule has 0 aliphatic carbocycles. The second-order valence-electron chi connectivity index (χ2n) is 4.69. The van der Waals surface area contributed by atoms with E-state index in [-0.39, 0.29) is 16.6 Å². The Balaban J connectivity index is 2.16. The summed E-state index contributed by atoms with van der Waals surface area (Å²) in [5.74, 6) is 0.187. The van der Waals surface area contributed by atoms with E-state index in [0.717, 1.165) is 32.2 Å². The molecule has 2 rings (SSSR count). The smallest absolute Gasteiger partial charge is 0.175 e. The number of carbonyl (C=O) groups excluding carboxylic acids is 1. The zero-order valence-electron chi connectivity index (χ0n) is 10.3. The van der Waals surface area contributed by atoms with Crippen molar-refractivity contribution in [1.29, 1.82) is 0 Å². The number of Topliss-reactive ketones (excluding diaryl/α,β-unsaturated/α-hetero) is 1. The minimum atomic E-state index is -3.19. The van der Waals surface area contributed by atoms with Crippen LogP contribution in [0.25, 0.3) is 0 Å². The molecule has 0 atom stereocenters. The summed E-state index contributed by atoms with van der Waals surface area (Å²) in [7, 11) is -3.19. The van der Waals surface area contributed by atoms with Crippen molar-refractivity contribution >= 4 is 15.6 Å². The van der Waals surface area contributed by atoms with Crippen molar-refractivity contribution in [1.82, 2.24) is 5.32 Å². The molecule has 0 aromatic heterocycles. The predicted molar refractivity (Wildman–Crippen MR) is 69.5 cm³/mol. The van der Waals surface area contributed by atoms with Crippen molar-refractivity contribution in [2.45, 2.75) is 17.7 Å². The summed E-state index contributed by atoms with van der Waals surface area (Å²) in [5.41, 5.74) is 0.606. The van der Waals surface area contributed by atoms with Crippen LogP contribution in [0, 0.1) is 5.92 Å². The number of hydrogen-bond acceptors (Lipinski definition) is 4. The molecule has 1 aromatic rings. The van der Waals surface area contributed by atoms with Crippen LogP contribution in [0.1, 0.15) is 23.2 Å². The topological polar surface area (TPSA) is 63.2 Å². The first-order valence-corrected chi connectivity index (χ1v) is 7.92. The Kier molecular flexibility index (Phi) is 3.82. The molecular weight excluding hydrogens is 250 g/mol. The number of rotatable bonds is 3. The first-order chi connectivity index (χ1) is 8.48. The number of ketones is 1. The lowest BCUT2D eigenvalue weighted by atomic mass is 9.90. The molecule has 98 valence electrons. The van der Waals surface area contributed by atoms with Crippen molar-refractivity contribution in [3.8, 4) is 0 Å². The number of carbonyl (C=O) groups is 1. The van der Waals surface area contributed by atoms with Gasteiger partial charge < -0.3 is 5.32 Å². The van der Waals surface area contributed by atoms with E-state index in [2.05, 4.69) is 5.32 Å². The standard InChI is InChI=1S/C13H17NO3S/c1-18(16,17)12-4-2-10(3-5-12)13(15)11-6-8-14-9-7-11/h2-5,11,14H,6-9H2,1H3. The Bertz CT molecular complexity index is 528. The van der Waals surface area contributed by atoms with Crippen LogP contribution < -0.4 is 5.32 Å². The fourth-order valence-electron chi connectivity index (χ4n) is 2.19. The SMILES string of the molecule is CS(=O)(=O)c1ccc(C(=O)C2CCNCC2)cc1. The molecule has 0 unspecified atom stereocenters. The van der Waals surface area contributed by atoms with Crippen molar-refractivity contribution in [3.63, 3.8) is 0 Å². The third-order valence-corrected chi connectivity index (χ3v) is 4.41. The van der Waals surface area contributed by atoms with E-state index in [0.29, 0.717) is 5.56 Å². The van der Waals surface area contributed by atoms with Gasteiger partial charge in [-0.1, -0.05) is 12.1 Å². The maximum atomic E-state index is 12.2. The van der Waals surface area contributed by atoms with Crippen LogP contribution >= 0.6 is 0 Å². The quantitative estimate of drug-likeness (QED) is 0.838. The lowest BCUT2D eigenvalue weighted by molar-refractivity contribution is 0.0895. The van der Waals surface area contributed by atoms with E-state index in [9.17, 15) is 13.2 Å². The highest BCUT2D eigenvalue weighted by Gasteiger charge is 2.22. The van der Waals surface area contributed by atoms with Crippen LogP contribution in [0.4, 0.5) is 0 Å². The number of sulfone groups is 1. The van der Waals surface area contributed by atoms with Gasteiger partial charge in [-0.05, 0) is 38.1 Å². The maximum absolute atomic E-state index is 12.2. The van der Waals surface area contributed by atoms with Gasteiger partial charge in [-0.25, -0.2) is 8.42 Å². The molecule has 0 spiro atoms. The monoisotopic (exact) mass is 267 g/mol. The van der Waals surface area contributed by atoms with Crippen LogP contribution in [0.2, 0.25) is 0 Å². The van der Waals surface area contributed by atoms with Crippen molar-refractivity contribution in [2.24, 2.45) is 5.92 Å². The third kappa shape index (κ3) is 2.97. The van der Waals surface area contributed by atoms with Crippen molar-refractivity contribution in [3.05, 3.63) is 29.8 Å². The van der Waals surface area contributed by atoms with E-state index in [1.165, 1.54) is 12.1 Å². The molecule has 5 heteroatoms. The molecule has 1 saturated heterocycles. The molecule has 1 aliphatic heterocycles. The van der Waals surface area contributed by atoms with E-state index in [1.54, 1.807) is 12.1 Å². The fraction of sp³-hybridized carbons (Fsp3) is 0.462. The van der Waals surface area contributed by atoms with Gasteiger partial charge in [0.25, 0.3) is 0 Å². The summed E-state index contributed by atoms with van der Waals surface area (Å²) in [6.45, 7) is 1.75. The normalized spacial score (nSPS) is 17.6. The van der Waals surface area contributed by atoms with Crippen LogP contribution in [-0.2, 0) is 9.84 Å².